The van der Waals surface area contributed by atoms with Crippen LogP contribution in [0.2, 0.25) is 0 Å². The Bertz CT molecular complexity index is 1600. The molecule has 0 aliphatic carbocycles. The molecule has 3 aromatic carbocycles. The molecule has 0 N–H and O–H groups in total. The van der Waals surface area contributed by atoms with Crippen LogP contribution in [0.25, 0.3) is 0 Å². The molecule has 1 saturated heterocycles. The van der Waals surface area contributed by atoms with E-state index in [1.807, 2.05) is 19.1 Å². The number of nitro groups is 1. The first-order valence-corrected chi connectivity index (χ1v) is 15.8. The molecule has 1 unspecified atom stereocenters. The van der Waals surface area contributed by atoms with E-state index in [9.17, 15) is 19.7 Å². The van der Waals surface area contributed by atoms with Crippen molar-refractivity contribution in [1.29, 1.82) is 0 Å². The minimum Gasteiger partial charge on any atom is -0.465 e. The van der Waals surface area contributed by atoms with E-state index in [-0.39, 0.29) is 23.8 Å². The van der Waals surface area contributed by atoms with E-state index in [0.717, 1.165) is 19.5 Å². The molecule has 0 aromatic heterocycles. The monoisotopic (exact) mass is 623 g/mol. The van der Waals surface area contributed by atoms with Gasteiger partial charge in [-0.25, -0.2) is 4.79 Å². The first kappa shape index (κ1) is 32.8. The molecule has 2 aliphatic rings. The molecule has 46 heavy (non-hydrogen) atoms. The predicted molar refractivity (Wildman–Crippen MR) is 177 cm³/mol. The number of benzene rings is 3. The number of esters is 2. The van der Waals surface area contributed by atoms with Crippen molar-refractivity contribution in [3.05, 3.63) is 123 Å². The van der Waals surface area contributed by atoms with E-state index in [1.165, 1.54) is 23.3 Å². The summed E-state index contributed by atoms with van der Waals surface area (Å²) >= 11 is 0. The molecular formula is C37H41N3O6. The first-order valence-electron chi connectivity index (χ1n) is 15.8. The van der Waals surface area contributed by atoms with Gasteiger partial charge in [0, 0.05) is 54.9 Å². The van der Waals surface area contributed by atoms with Gasteiger partial charge in [0.2, 0.25) is 0 Å². The molecule has 5 rings (SSSR count). The van der Waals surface area contributed by atoms with Gasteiger partial charge in [0.1, 0.15) is 11.5 Å². The minimum absolute atomic E-state index is 0.131. The minimum atomic E-state index is -0.922. The Kier molecular flexibility index (Phi) is 10.1. The molecule has 3 atom stereocenters. The molecular weight excluding hydrogens is 582 g/mol. The zero-order valence-electron chi connectivity index (χ0n) is 26.8. The zero-order chi connectivity index (χ0) is 32.8. The highest BCUT2D eigenvalue weighted by Gasteiger charge is 2.45. The van der Waals surface area contributed by atoms with Crippen LogP contribution in [0.15, 0.2) is 101 Å². The number of allylic oxidation sites excluding steroid dienone is 1. The number of ether oxygens (including phenoxy) is 2. The molecule has 0 bridgehead atoms. The Labute approximate surface area is 270 Å². The van der Waals surface area contributed by atoms with Gasteiger partial charge in [-0.05, 0) is 57.4 Å². The number of aliphatic imine (C=N–C) groups is 1. The molecule has 0 saturated carbocycles. The third-order valence-corrected chi connectivity index (χ3v) is 9.02. The van der Waals surface area contributed by atoms with Crippen LogP contribution in [0, 0.1) is 16.0 Å². The van der Waals surface area contributed by atoms with E-state index < -0.39 is 34.3 Å². The van der Waals surface area contributed by atoms with Crippen LogP contribution in [-0.2, 0) is 19.1 Å². The van der Waals surface area contributed by atoms with Crippen LogP contribution in [-0.4, -0.2) is 59.3 Å². The van der Waals surface area contributed by atoms with Crippen molar-refractivity contribution in [2.75, 3.05) is 26.2 Å². The second-order valence-electron chi connectivity index (χ2n) is 12.3. The van der Waals surface area contributed by atoms with Gasteiger partial charge < -0.3 is 9.47 Å². The lowest BCUT2D eigenvalue weighted by molar-refractivity contribution is -0.384. The molecule has 3 aromatic rings. The molecule has 0 spiro atoms. The van der Waals surface area contributed by atoms with Gasteiger partial charge in [0.05, 0.1) is 17.1 Å². The third-order valence-electron chi connectivity index (χ3n) is 9.02. The summed E-state index contributed by atoms with van der Waals surface area (Å²) in [5.74, 6) is -2.64. The summed E-state index contributed by atoms with van der Waals surface area (Å²) in [4.78, 5) is 45.4. The summed E-state index contributed by atoms with van der Waals surface area (Å²) in [7, 11) is 0. The van der Waals surface area contributed by atoms with Gasteiger partial charge >= 0.3 is 11.9 Å². The van der Waals surface area contributed by atoms with Crippen molar-refractivity contribution in [3.8, 4) is 0 Å². The summed E-state index contributed by atoms with van der Waals surface area (Å²) in [5, 5.41) is 11.6. The molecule has 240 valence electrons. The summed E-state index contributed by atoms with van der Waals surface area (Å²) < 4.78 is 11.7. The number of nitro benzene ring substituents is 1. The zero-order valence-corrected chi connectivity index (χ0v) is 26.8. The number of hydrogen-bond donors (Lipinski definition) is 0. The van der Waals surface area contributed by atoms with E-state index >= 15 is 0 Å². The second-order valence-corrected chi connectivity index (χ2v) is 12.3. The number of hydrogen-bond acceptors (Lipinski definition) is 8. The van der Waals surface area contributed by atoms with Crippen molar-refractivity contribution in [3.63, 3.8) is 0 Å². The summed E-state index contributed by atoms with van der Waals surface area (Å²) in [6.07, 6.45) is 1.56. The van der Waals surface area contributed by atoms with Gasteiger partial charge in [-0.2, -0.15) is 0 Å². The van der Waals surface area contributed by atoms with Crippen LogP contribution in [0.4, 0.5) is 5.69 Å². The van der Waals surface area contributed by atoms with Crippen molar-refractivity contribution < 1.29 is 24.0 Å². The summed E-state index contributed by atoms with van der Waals surface area (Å²) in [6, 6.07) is 27.0. The van der Waals surface area contributed by atoms with E-state index in [2.05, 4.69) is 58.4 Å². The first-order chi connectivity index (χ1) is 22.1. The van der Waals surface area contributed by atoms with Crippen LogP contribution in [0.5, 0.6) is 0 Å². The molecule has 1 fully saturated rings. The molecule has 0 radical (unpaired) electrons. The summed E-state index contributed by atoms with van der Waals surface area (Å²) in [5.41, 5.74) is 3.22. The molecule has 9 heteroatoms. The van der Waals surface area contributed by atoms with Gasteiger partial charge in [-0.1, -0.05) is 72.8 Å². The Hall–Kier alpha value is -4.63. The third kappa shape index (κ3) is 7.26. The average Bonchev–Trinajstić information content (AvgIpc) is 3.41. The van der Waals surface area contributed by atoms with Crippen molar-refractivity contribution in [2.45, 2.75) is 58.0 Å². The molecule has 0 amide bonds. The largest absolute Gasteiger partial charge is 0.465 e. The maximum atomic E-state index is 14.1. The Balaban J connectivity index is 1.36. The Morgan fingerprint density at radius 2 is 1.67 bits per heavy atom. The van der Waals surface area contributed by atoms with Crippen LogP contribution < -0.4 is 0 Å². The van der Waals surface area contributed by atoms with Gasteiger partial charge in [-0.3, -0.25) is 24.8 Å². The van der Waals surface area contributed by atoms with Crippen LogP contribution in [0.1, 0.15) is 69.1 Å². The molecule has 9 nitrogen and oxygen atoms in total. The normalized spacial score (nSPS) is 21.6. The molecule has 2 aliphatic heterocycles. The van der Waals surface area contributed by atoms with Crippen molar-refractivity contribution in [2.24, 2.45) is 10.9 Å². The van der Waals surface area contributed by atoms with E-state index in [0.29, 0.717) is 29.9 Å². The Morgan fingerprint density at radius 3 is 2.28 bits per heavy atom. The lowest BCUT2D eigenvalue weighted by atomic mass is 9.75. The number of non-ortho nitro benzene ring substituents is 1. The number of nitrogens with zero attached hydrogens (tertiary/aromatic N) is 3. The summed E-state index contributed by atoms with van der Waals surface area (Å²) in [6.45, 7) is 9.38. The standard InChI is InChI=1S/C37H41N3O6/c1-5-45-35(41)32-25(2)38-26(3)33(34(32)29-17-12-18-30(23-29)40(43)44)36(42)46-37(4)20-22-39(24-37)21-19-31(27-13-8-6-9-14-27)28-15-10-7-11-16-28/h6-18,23,31-32,34H,5,19-22,24H2,1-4H3/t32?,34-,37+/m0/s1. The number of carbonyl (C=O) groups is 2. The van der Waals surface area contributed by atoms with Crippen molar-refractivity contribution >= 4 is 23.3 Å². The predicted octanol–water partition coefficient (Wildman–Crippen LogP) is 6.84. The lowest BCUT2D eigenvalue weighted by Gasteiger charge is -2.33. The number of carbonyl (C=O) groups excluding carboxylic acids is 2. The SMILES string of the molecule is CCOC(=O)C1C(C)=NC(C)=C(C(=O)O[C@]2(C)CCN(CCC(c3ccccc3)c3ccccc3)C2)[C@H]1c1cccc([N+](=O)[O-])c1. The van der Waals surface area contributed by atoms with Crippen LogP contribution in [0.3, 0.4) is 0 Å². The highest BCUT2D eigenvalue weighted by atomic mass is 16.6. The quantitative estimate of drug-likeness (QED) is 0.131. The van der Waals surface area contributed by atoms with Crippen LogP contribution >= 0.6 is 0 Å². The van der Waals surface area contributed by atoms with Crippen molar-refractivity contribution in [1.82, 2.24) is 4.90 Å². The van der Waals surface area contributed by atoms with E-state index in [4.69, 9.17) is 9.47 Å². The van der Waals surface area contributed by atoms with Gasteiger partial charge in [0.15, 0.2) is 0 Å². The average molecular weight is 624 g/mol. The fourth-order valence-corrected chi connectivity index (χ4v) is 6.82. The fourth-order valence-electron chi connectivity index (χ4n) is 6.82. The molecule has 2 heterocycles. The lowest BCUT2D eigenvalue weighted by Crippen LogP contribution is -2.40. The smallest absolute Gasteiger partial charge is 0.337 e. The highest BCUT2D eigenvalue weighted by molar-refractivity contribution is 6.07. The maximum absolute atomic E-state index is 14.1. The second kappa shape index (κ2) is 14.2. The number of rotatable bonds is 11. The fraction of sp³-hybridized carbons (Fsp3) is 0.378. The van der Waals surface area contributed by atoms with Gasteiger partial charge in [0.25, 0.3) is 5.69 Å². The maximum Gasteiger partial charge on any atom is 0.337 e. The topological polar surface area (TPSA) is 111 Å². The number of likely N-dealkylation sites (tertiary alicyclic amines) is 1. The highest BCUT2D eigenvalue weighted by Crippen LogP contribution is 2.42. The van der Waals surface area contributed by atoms with E-state index in [1.54, 1.807) is 32.9 Å². The Morgan fingerprint density at radius 1 is 1.02 bits per heavy atom. The van der Waals surface area contributed by atoms with Gasteiger partial charge in [-0.15, -0.1) is 0 Å².